The zero-order valence-corrected chi connectivity index (χ0v) is 14.9. The molecule has 2 unspecified atom stereocenters. The Labute approximate surface area is 149 Å². The number of nitro groups is 1. The van der Waals surface area contributed by atoms with Gasteiger partial charge in [0, 0.05) is 12.1 Å². The van der Waals surface area contributed by atoms with Gasteiger partial charge in [-0.3, -0.25) is 14.9 Å². The van der Waals surface area contributed by atoms with Crippen molar-refractivity contribution >= 4 is 19.4 Å². The number of benzene rings is 2. The number of ether oxygens (including phenoxy) is 1. The molecule has 0 saturated carbocycles. The van der Waals surface area contributed by atoms with Crippen LogP contribution in [0.1, 0.15) is 6.92 Å². The first-order valence-electron chi connectivity index (χ1n) is 7.47. The highest BCUT2D eigenvalue weighted by Crippen LogP contribution is 2.45. The predicted molar refractivity (Wildman–Crippen MR) is 93.0 cm³/mol. The summed E-state index contributed by atoms with van der Waals surface area (Å²) in [7, 11) is -2.85. The van der Waals surface area contributed by atoms with Crippen molar-refractivity contribution < 1.29 is 28.1 Å². The summed E-state index contributed by atoms with van der Waals surface area (Å²) < 4.78 is 28.5. The molecule has 0 aliphatic rings. The smallest absolute Gasteiger partial charge is 0.468 e. The lowest BCUT2D eigenvalue weighted by Gasteiger charge is -2.22. The zero-order chi connectivity index (χ0) is 19.2. The molecule has 0 saturated heterocycles. The van der Waals surface area contributed by atoms with Gasteiger partial charge in [-0.2, -0.15) is 5.09 Å². The summed E-state index contributed by atoms with van der Waals surface area (Å²) in [4.78, 5) is 21.8. The molecule has 0 aromatic heterocycles. The molecule has 138 valence electrons. The Morgan fingerprint density at radius 3 is 2.12 bits per heavy atom. The van der Waals surface area contributed by atoms with Crippen molar-refractivity contribution in [2.24, 2.45) is 0 Å². The van der Waals surface area contributed by atoms with E-state index >= 15 is 0 Å². The first-order chi connectivity index (χ1) is 12.3. The summed E-state index contributed by atoms with van der Waals surface area (Å²) in [5.74, 6) is -0.337. The third kappa shape index (κ3) is 5.30. The number of para-hydroxylation sites is 1. The monoisotopic (exact) mass is 380 g/mol. The Bertz CT molecular complexity index is 811. The van der Waals surface area contributed by atoms with Gasteiger partial charge in [0.15, 0.2) is 0 Å². The molecule has 0 spiro atoms. The van der Waals surface area contributed by atoms with Gasteiger partial charge < -0.3 is 13.8 Å². The summed E-state index contributed by atoms with van der Waals surface area (Å²) in [6.07, 6.45) is 0. The number of methoxy groups -OCH3 is 1. The van der Waals surface area contributed by atoms with Gasteiger partial charge in [0.25, 0.3) is 5.69 Å². The second-order valence-electron chi connectivity index (χ2n) is 5.12. The molecule has 2 rings (SSSR count). The lowest BCUT2D eigenvalue weighted by molar-refractivity contribution is -0.384. The van der Waals surface area contributed by atoms with Crippen LogP contribution in [-0.2, 0) is 14.1 Å². The highest BCUT2D eigenvalue weighted by molar-refractivity contribution is 7.52. The minimum absolute atomic E-state index is 0.0689. The van der Waals surface area contributed by atoms with E-state index in [1.165, 1.54) is 38.3 Å². The highest BCUT2D eigenvalue weighted by Gasteiger charge is 2.33. The van der Waals surface area contributed by atoms with E-state index in [1.54, 1.807) is 30.3 Å². The molecular weight excluding hydrogens is 363 g/mol. The molecule has 2 aromatic carbocycles. The highest BCUT2D eigenvalue weighted by atomic mass is 31.2. The topological polar surface area (TPSA) is 117 Å². The van der Waals surface area contributed by atoms with Crippen LogP contribution in [0.3, 0.4) is 0 Å². The molecule has 10 heteroatoms. The number of rotatable bonds is 8. The van der Waals surface area contributed by atoms with Gasteiger partial charge in [-0.25, -0.2) is 4.57 Å². The molecular formula is C16H17N2O7P. The summed E-state index contributed by atoms with van der Waals surface area (Å²) in [5.41, 5.74) is -0.146. The minimum atomic E-state index is -4.05. The summed E-state index contributed by atoms with van der Waals surface area (Å²) in [5, 5.41) is 13.2. The van der Waals surface area contributed by atoms with Crippen LogP contribution in [0.5, 0.6) is 11.5 Å². The third-order valence-corrected chi connectivity index (χ3v) is 4.75. The number of non-ortho nitro benzene ring substituents is 1. The van der Waals surface area contributed by atoms with Crippen molar-refractivity contribution in [1.29, 1.82) is 0 Å². The fraction of sp³-hybridized carbons (Fsp3) is 0.188. The van der Waals surface area contributed by atoms with E-state index in [4.69, 9.17) is 9.05 Å². The SMILES string of the molecule is COC(=O)C(C)NP(=O)(Oc1ccccc1)Oc1ccc([N+](=O)[O-])cc1. The Kier molecular flexibility index (Phi) is 6.32. The normalized spacial score (nSPS) is 13.9. The zero-order valence-electron chi connectivity index (χ0n) is 14.0. The maximum absolute atomic E-state index is 13.1. The fourth-order valence-electron chi connectivity index (χ4n) is 1.93. The molecule has 0 bridgehead atoms. The summed E-state index contributed by atoms with van der Waals surface area (Å²) in [6, 6.07) is 12.2. The van der Waals surface area contributed by atoms with Gasteiger partial charge in [0.2, 0.25) is 0 Å². The van der Waals surface area contributed by atoms with Crippen molar-refractivity contribution in [1.82, 2.24) is 5.09 Å². The fourth-order valence-corrected chi connectivity index (χ4v) is 3.45. The van der Waals surface area contributed by atoms with E-state index in [-0.39, 0.29) is 17.2 Å². The van der Waals surface area contributed by atoms with Gasteiger partial charge in [-0.1, -0.05) is 18.2 Å². The second kappa shape index (κ2) is 8.46. The van der Waals surface area contributed by atoms with Gasteiger partial charge >= 0.3 is 13.7 Å². The van der Waals surface area contributed by atoms with Crippen molar-refractivity contribution in [3.8, 4) is 11.5 Å². The van der Waals surface area contributed by atoms with Crippen LogP contribution in [0.4, 0.5) is 5.69 Å². The Balaban J connectivity index is 2.25. The Hall–Kier alpha value is -2.90. The van der Waals surface area contributed by atoms with E-state index in [0.717, 1.165) is 0 Å². The van der Waals surface area contributed by atoms with E-state index in [2.05, 4.69) is 9.82 Å². The number of nitrogens with zero attached hydrogens (tertiary/aromatic N) is 1. The molecule has 1 N–H and O–H groups in total. The molecule has 0 fully saturated rings. The number of carbonyl (C=O) groups excluding carboxylic acids is 1. The van der Waals surface area contributed by atoms with Crippen molar-refractivity contribution in [3.63, 3.8) is 0 Å². The van der Waals surface area contributed by atoms with Crippen molar-refractivity contribution in [2.45, 2.75) is 13.0 Å². The van der Waals surface area contributed by atoms with Gasteiger partial charge in [0.1, 0.15) is 17.5 Å². The van der Waals surface area contributed by atoms with Crippen LogP contribution in [-0.4, -0.2) is 24.0 Å². The van der Waals surface area contributed by atoms with Gasteiger partial charge in [-0.05, 0) is 31.2 Å². The van der Waals surface area contributed by atoms with E-state index in [9.17, 15) is 19.5 Å². The van der Waals surface area contributed by atoms with E-state index in [1.807, 2.05) is 0 Å². The van der Waals surface area contributed by atoms with Crippen LogP contribution < -0.4 is 14.1 Å². The van der Waals surface area contributed by atoms with Crippen molar-refractivity contribution in [2.75, 3.05) is 7.11 Å². The first-order valence-corrected chi connectivity index (χ1v) is 9.01. The quantitative estimate of drug-likeness (QED) is 0.321. The summed E-state index contributed by atoms with van der Waals surface area (Å²) >= 11 is 0. The molecule has 0 aliphatic heterocycles. The largest absolute Gasteiger partial charge is 0.513 e. The van der Waals surface area contributed by atoms with Crippen LogP contribution in [0.15, 0.2) is 54.6 Å². The van der Waals surface area contributed by atoms with Crippen LogP contribution >= 0.6 is 7.75 Å². The second-order valence-corrected chi connectivity index (χ2v) is 6.74. The van der Waals surface area contributed by atoms with Crippen LogP contribution in [0.25, 0.3) is 0 Å². The Morgan fingerprint density at radius 1 is 1.08 bits per heavy atom. The number of hydrogen-bond donors (Lipinski definition) is 1. The molecule has 0 radical (unpaired) electrons. The van der Waals surface area contributed by atoms with E-state index < -0.39 is 24.7 Å². The molecule has 2 aromatic rings. The van der Waals surface area contributed by atoms with Gasteiger partial charge in [0.05, 0.1) is 12.0 Å². The van der Waals surface area contributed by atoms with Gasteiger partial charge in [-0.15, -0.1) is 0 Å². The number of esters is 1. The van der Waals surface area contributed by atoms with Crippen molar-refractivity contribution in [3.05, 3.63) is 64.7 Å². The number of nitro benzene ring substituents is 1. The maximum Gasteiger partial charge on any atom is 0.513 e. The molecule has 0 amide bonds. The average molecular weight is 380 g/mol. The molecule has 0 aliphatic carbocycles. The maximum atomic E-state index is 13.1. The summed E-state index contributed by atoms with van der Waals surface area (Å²) in [6.45, 7) is 1.44. The number of hydrogen-bond acceptors (Lipinski definition) is 7. The molecule has 2 atom stereocenters. The lowest BCUT2D eigenvalue weighted by Crippen LogP contribution is -2.35. The predicted octanol–water partition coefficient (Wildman–Crippen LogP) is 3.31. The van der Waals surface area contributed by atoms with E-state index in [0.29, 0.717) is 0 Å². The standard InChI is InChI=1S/C16H17N2O7P/c1-12(16(19)23-2)17-26(22,24-14-6-4-3-5-7-14)25-15-10-8-13(9-11-15)18(20)21/h3-12H,1-2H3,(H,17,22). The number of nitrogens with one attached hydrogen (secondary N) is 1. The minimum Gasteiger partial charge on any atom is -0.468 e. The third-order valence-electron chi connectivity index (χ3n) is 3.15. The Morgan fingerprint density at radius 2 is 1.62 bits per heavy atom. The first kappa shape index (κ1) is 19.4. The molecule has 0 heterocycles. The van der Waals surface area contributed by atoms with Crippen LogP contribution in [0.2, 0.25) is 0 Å². The number of carbonyl (C=O) groups is 1. The molecule has 9 nitrogen and oxygen atoms in total. The lowest BCUT2D eigenvalue weighted by atomic mass is 10.3. The molecule has 26 heavy (non-hydrogen) atoms. The van der Waals surface area contributed by atoms with Crippen LogP contribution in [0, 0.1) is 10.1 Å². The average Bonchev–Trinajstić information content (AvgIpc) is 2.61.